The predicted octanol–water partition coefficient (Wildman–Crippen LogP) is 3.35. The second-order valence-corrected chi connectivity index (χ2v) is 5.54. The second-order valence-electron chi connectivity index (χ2n) is 4.15. The Balaban J connectivity index is 2.17. The molecular weight excluding hydrogens is 298 g/mol. The summed E-state index contributed by atoms with van der Waals surface area (Å²) >= 11 is 7.12. The van der Waals surface area contributed by atoms with Crippen LogP contribution >= 0.6 is 22.9 Å². The van der Waals surface area contributed by atoms with Gasteiger partial charge in [-0.05, 0) is 29.1 Å². The van der Waals surface area contributed by atoms with Crippen LogP contribution in [0.3, 0.4) is 0 Å². The Hall–Kier alpha value is -1.85. The van der Waals surface area contributed by atoms with Gasteiger partial charge in [0.05, 0.1) is 17.3 Å². The summed E-state index contributed by atoms with van der Waals surface area (Å²) < 4.78 is 0. The van der Waals surface area contributed by atoms with Crippen LogP contribution in [0.25, 0.3) is 0 Å². The molecule has 0 spiro atoms. The van der Waals surface area contributed by atoms with Crippen molar-refractivity contribution in [3.8, 4) is 0 Å². The summed E-state index contributed by atoms with van der Waals surface area (Å²) in [6.45, 7) is 0. The Morgan fingerprint density at radius 2 is 1.95 bits per heavy atom. The molecule has 1 aromatic carbocycles. The Morgan fingerprint density at radius 3 is 2.50 bits per heavy atom. The van der Waals surface area contributed by atoms with Gasteiger partial charge >= 0.3 is 5.97 Å². The van der Waals surface area contributed by atoms with Crippen LogP contribution in [-0.2, 0) is 4.79 Å². The molecule has 0 saturated heterocycles. The van der Waals surface area contributed by atoms with E-state index in [9.17, 15) is 9.59 Å². The van der Waals surface area contributed by atoms with E-state index < -0.39 is 12.0 Å². The number of hydrogen-bond donors (Lipinski definition) is 2. The molecule has 20 heavy (non-hydrogen) atoms. The Kier molecular flexibility index (Phi) is 4.76. The monoisotopic (exact) mass is 309 g/mol. The smallest absolute Gasteiger partial charge is 0.305 e. The quantitative estimate of drug-likeness (QED) is 0.890. The van der Waals surface area contributed by atoms with E-state index in [1.54, 1.807) is 41.8 Å². The minimum atomic E-state index is -0.976. The lowest BCUT2D eigenvalue weighted by Gasteiger charge is -2.17. The maximum absolute atomic E-state index is 12.0. The zero-order valence-electron chi connectivity index (χ0n) is 10.4. The largest absolute Gasteiger partial charge is 0.481 e. The Morgan fingerprint density at radius 1 is 1.25 bits per heavy atom. The molecule has 4 nitrogen and oxygen atoms in total. The van der Waals surface area contributed by atoms with Crippen LogP contribution < -0.4 is 5.32 Å². The molecule has 1 amide bonds. The molecule has 6 heteroatoms. The van der Waals surface area contributed by atoms with E-state index in [4.69, 9.17) is 16.7 Å². The van der Waals surface area contributed by atoms with E-state index in [2.05, 4.69) is 5.32 Å². The number of aliphatic carboxylic acids is 1. The van der Waals surface area contributed by atoms with Crippen LogP contribution in [0, 0.1) is 0 Å². The molecule has 0 radical (unpaired) electrons. The van der Waals surface area contributed by atoms with Crippen molar-refractivity contribution in [3.05, 3.63) is 57.2 Å². The molecule has 0 saturated carbocycles. The van der Waals surface area contributed by atoms with E-state index in [0.29, 0.717) is 15.5 Å². The summed E-state index contributed by atoms with van der Waals surface area (Å²) in [4.78, 5) is 23.5. The van der Waals surface area contributed by atoms with E-state index in [1.807, 2.05) is 0 Å². The molecule has 1 heterocycles. The minimum absolute atomic E-state index is 0.182. The first-order chi connectivity index (χ1) is 9.56. The number of carboxylic acid groups (broad SMARTS) is 1. The molecule has 2 rings (SSSR count). The molecule has 2 N–H and O–H groups in total. The SMILES string of the molecule is O=C(O)C[C@H](NC(=O)c1cccs1)c1ccc(Cl)cc1. The highest BCUT2D eigenvalue weighted by molar-refractivity contribution is 7.12. The molecule has 104 valence electrons. The zero-order valence-corrected chi connectivity index (χ0v) is 11.9. The van der Waals surface area contributed by atoms with E-state index in [1.165, 1.54) is 11.3 Å². The Bertz CT molecular complexity index is 595. The molecule has 0 bridgehead atoms. The molecule has 0 aliphatic carbocycles. The molecule has 1 aromatic heterocycles. The lowest BCUT2D eigenvalue weighted by atomic mass is 10.0. The van der Waals surface area contributed by atoms with Crippen molar-refractivity contribution >= 4 is 34.8 Å². The third-order valence-corrected chi connectivity index (χ3v) is 3.82. The standard InChI is InChI=1S/C14H12ClNO3S/c15-10-5-3-9(4-6-10)11(8-13(17)18)16-14(19)12-2-1-7-20-12/h1-7,11H,8H2,(H,16,19)(H,17,18)/t11-/m0/s1. The van der Waals surface area contributed by atoms with Crippen molar-refractivity contribution in [1.29, 1.82) is 0 Å². The van der Waals surface area contributed by atoms with Gasteiger partial charge in [0.2, 0.25) is 0 Å². The van der Waals surface area contributed by atoms with Crippen molar-refractivity contribution in [2.75, 3.05) is 0 Å². The van der Waals surface area contributed by atoms with Gasteiger partial charge in [-0.2, -0.15) is 0 Å². The van der Waals surface area contributed by atoms with Gasteiger partial charge in [0.15, 0.2) is 0 Å². The molecule has 1 atom stereocenters. The molecule has 0 aliphatic rings. The normalized spacial score (nSPS) is 11.8. The van der Waals surface area contributed by atoms with E-state index in [0.717, 1.165) is 0 Å². The van der Waals surface area contributed by atoms with Crippen molar-refractivity contribution in [2.45, 2.75) is 12.5 Å². The summed E-state index contributed by atoms with van der Waals surface area (Å²) in [6, 6.07) is 9.65. The van der Waals surface area contributed by atoms with Gasteiger partial charge in [0.25, 0.3) is 5.91 Å². The third kappa shape index (κ3) is 3.82. The predicted molar refractivity (Wildman–Crippen MR) is 78.2 cm³/mol. The van der Waals surface area contributed by atoms with Crippen LogP contribution in [-0.4, -0.2) is 17.0 Å². The minimum Gasteiger partial charge on any atom is -0.481 e. The molecular formula is C14H12ClNO3S. The third-order valence-electron chi connectivity index (χ3n) is 2.70. The molecule has 2 aromatic rings. The summed E-state index contributed by atoms with van der Waals surface area (Å²) in [7, 11) is 0. The molecule has 0 unspecified atom stereocenters. The number of hydrogen-bond acceptors (Lipinski definition) is 3. The van der Waals surface area contributed by atoms with Crippen molar-refractivity contribution in [1.82, 2.24) is 5.32 Å². The first-order valence-corrected chi connectivity index (χ1v) is 7.13. The van der Waals surface area contributed by atoms with Crippen molar-refractivity contribution < 1.29 is 14.7 Å². The van der Waals surface area contributed by atoms with Gasteiger partial charge in [0.1, 0.15) is 0 Å². The van der Waals surface area contributed by atoms with E-state index in [-0.39, 0.29) is 12.3 Å². The van der Waals surface area contributed by atoms with Crippen molar-refractivity contribution in [3.63, 3.8) is 0 Å². The number of benzene rings is 1. The van der Waals surface area contributed by atoms with Gasteiger partial charge in [-0.1, -0.05) is 29.8 Å². The highest BCUT2D eigenvalue weighted by atomic mass is 35.5. The van der Waals surface area contributed by atoms with Crippen molar-refractivity contribution in [2.24, 2.45) is 0 Å². The highest BCUT2D eigenvalue weighted by Gasteiger charge is 2.19. The maximum Gasteiger partial charge on any atom is 0.305 e. The van der Waals surface area contributed by atoms with Gasteiger partial charge < -0.3 is 10.4 Å². The number of carbonyl (C=O) groups is 2. The average molecular weight is 310 g/mol. The van der Waals surface area contributed by atoms with Crippen LogP contribution in [0.1, 0.15) is 27.7 Å². The molecule has 0 fully saturated rings. The van der Waals surface area contributed by atoms with Gasteiger partial charge in [-0.15, -0.1) is 11.3 Å². The summed E-state index contributed by atoms with van der Waals surface area (Å²) in [5, 5.41) is 14.1. The summed E-state index contributed by atoms with van der Waals surface area (Å²) in [6.07, 6.45) is -0.182. The van der Waals surface area contributed by atoms with Crippen LogP contribution in [0.15, 0.2) is 41.8 Å². The number of amides is 1. The fourth-order valence-electron chi connectivity index (χ4n) is 1.76. The first kappa shape index (κ1) is 14.6. The lowest BCUT2D eigenvalue weighted by molar-refractivity contribution is -0.137. The highest BCUT2D eigenvalue weighted by Crippen LogP contribution is 2.20. The second kappa shape index (κ2) is 6.54. The van der Waals surface area contributed by atoms with Gasteiger partial charge in [0, 0.05) is 5.02 Å². The van der Waals surface area contributed by atoms with Crippen LogP contribution in [0.5, 0.6) is 0 Å². The number of rotatable bonds is 5. The number of nitrogens with one attached hydrogen (secondary N) is 1. The average Bonchev–Trinajstić information content (AvgIpc) is 2.92. The van der Waals surface area contributed by atoms with Crippen LogP contribution in [0.4, 0.5) is 0 Å². The number of thiophene rings is 1. The number of halogens is 1. The molecule has 0 aliphatic heterocycles. The number of carbonyl (C=O) groups excluding carboxylic acids is 1. The lowest BCUT2D eigenvalue weighted by Crippen LogP contribution is -2.29. The van der Waals surface area contributed by atoms with Crippen LogP contribution in [0.2, 0.25) is 5.02 Å². The fourth-order valence-corrected chi connectivity index (χ4v) is 2.51. The topological polar surface area (TPSA) is 66.4 Å². The summed E-state index contributed by atoms with van der Waals surface area (Å²) in [5.74, 6) is -1.25. The van der Waals surface area contributed by atoms with Gasteiger partial charge in [-0.25, -0.2) is 0 Å². The van der Waals surface area contributed by atoms with Gasteiger partial charge in [-0.3, -0.25) is 9.59 Å². The first-order valence-electron chi connectivity index (χ1n) is 5.88. The zero-order chi connectivity index (χ0) is 14.5. The Labute approximate surface area is 125 Å². The number of carboxylic acids is 1. The summed E-state index contributed by atoms with van der Waals surface area (Å²) in [5.41, 5.74) is 0.710. The maximum atomic E-state index is 12.0. The fraction of sp³-hybridized carbons (Fsp3) is 0.143. The van der Waals surface area contributed by atoms with E-state index >= 15 is 0 Å².